The molecule has 16 heavy (non-hydrogen) atoms. The molecule has 4 nitrogen and oxygen atoms in total. The van der Waals surface area contributed by atoms with Crippen LogP contribution >= 0.6 is 27.3 Å². The number of rotatable bonds is 6. The summed E-state index contributed by atoms with van der Waals surface area (Å²) in [6, 6.07) is 2.02. The van der Waals surface area contributed by atoms with Crippen LogP contribution in [0.2, 0.25) is 0 Å². The van der Waals surface area contributed by atoms with Crippen molar-refractivity contribution in [3.8, 4) is 5.06 Å². The van der Waals surface area contributed by atoms with Crippen LogP contribution in [0, 0.1) is 0 Å². The molecule has 0 radical (unpaired) electrons. The SMILES string of the molecule is CNC(=O)CCNCc1cc(Br)c(OC)s1. The van der Waals surface area contributed by atoms with Gasteiger partial charge in [0.1, 0.15) is 0 Å². The van der Waals surface area contributed by atoms with Crippen LogP contribution in [0.4, 0.5) is 0 Å². The minimum absolute atomic E-state index is 0.0532. The number of nitrogens with one attached hydrogen (secondary N) is 2. The van der Waals surface area contributed by atoms with E-state index >= 15 is 0 Å². The Hall–Kier alpha value is -0.590. The molecule has 0 bridgehead atoms. The Bertz CT molecular complexity index is 355. The highest BCUT2D eigenvalue weighted by molar-refractivity contribution is 9.10. The molecule has 0 unspecified atom stereocenters. The zero-order valence-electron chi connectivity index (χ0n) is 9.30. The predicted molar refractivity (Wildman–Crippen MR) is 69.0 cm³/mol. The maximum atomic E-state index is 11.0. The Morgan fingerprint density at radius 2 is 2.38 bits per heavy atom. The molecule has 90 valence electrons. The number of hydrogen-bond donors (Lipinski definition) is 2. The molecule has 6 heteroatoms. The van der Waals surface area contributed by atoms with Crippen molar-refractivity contribution in [2.24, 2.45) is 0 Å². The van der Waals surface area contributed by atoms with Crippen molar-refractivity contribution >= 4 is 33.2 Å². The Morgan fingerprint density at radius 3 is 2.94 bits per heavy atom. The van der Waals surface area contributed by atoms with E-state index in [9.17, 15) is 4.79 Å². The van der Waals surface area contributed by atoms with Crippen molar-refractivity contribution in [1.82, 2.24) is 10.6 Å². The molecule has 1 aromatic heterocycles. The Labute approximate surface area is 108 Å². The quantitative estimate of drug-likeness (QED) is 0.787. The molecule has 0 saturated heterocycles. The van der Waals surface area contributed by atoms with E-state index in [0.29, 0.717) is 13.0 Å². The van der Waals surface area contributed by atoms with Crippen LogP contribution in [-0.2, 0) is 11.3 Å². The molecule has 2 N–H and O–H groups in total. The summed E-state index contributed by atoms with van der Waals surface area (Å²) >= 11 is 5.01. The number of carbonyl (C=O) groups is 1. The summed E-state index contributed by atoms with van der Waals surface area (Å²) in [7, 11) is 3.29. The summed E-state index contributed by atoms with van der Waals surface area (Å²) < 4.78 is 6.14. The minimum Gasteiger partial charge on any atom is -0.486 e. The lowest BCUT2D eigenvalue weighted by atomic mass is 10.4. The highest BCUT2D eigenvalue weighted by Gasteiger charge is 2.06. The Morgan fingerprint density at radius 1 is 1.62 bits per heavy atom. The topological polar surface area (TPSA) is 50.4 Å². The molecule has 1 amide bonds. The van der Waals surface area contributed by atoms with Crippen LogP contribution in [0.3, 0.4) is 0 Å². The predicted octanol–water partition coefficient (Wildman–Crippen LogP) is 1.74. The van der Waals surface area contributed by atoms with Gasteiger partial charge in [-0.2, -0.15) is 0 Å². The van der Waals surface area contributed by atoms with Crippen LogP contribution in [-0.4, -0.2) is 26.6 Å². The van der Waals surface area contributed by atoms with Crippen molar-refractivity contribution in [2.45, 2.75) is 13.0 Å². The van der Waals surface area contributed by atoms with Crippen molar-refractivity contribution < 1.29 is 9.53 Å². The second kappa shape index (κ2) is 6.88. The molecule has 1 heterocycles. The van der Waals surface area contributed by atoms with Crippen LogP contribution in [0.1, 0.15) is 11.3 Å². The standard InChI is InChI=1S/C10H15BrN2O2S/c1-12-9(14)3-4-13-6-7-5-8(11)10(15-2)16-7/h5,13H,3-4,6H2,1-2H3,(H,12,14). The molecule has 0 aliphatic carbocycles. The Balaban J connectivity index is 2.29. The van der Waals surface area contributed by atoms with E-state index in [1.165, 1.54) is 4.88 Å². The largest absolute Gasteiger partial charge is 0.486 e. The molecule has 0 atom stereocenters. The van der Waals surface area contributed by atoms with Gasteiger partial charge in [-0.25, -0.2) is 0 Å². The summed E-state index contributed by atoms with van der Waals surface area (Å²) in [5, 5.41) is 6.66. The summed E-state index contributed by atoms with van der Waals surface area (Å²) in [5.74, 6) is 0.0532. The van der Waals surface area contributed by atoms with Crippen molar-refractivity contribution in [2.75, 3.05) is 20.7 Å². The van der Waals surface area contributed by atoms with E-state index in [1.54, 1.807) is 25.5 Å². The lowest BCUT2D eigenvalue weighted by molar-refractivity contribution is -0.120. The van der Waals surface area contributed by atoms with E-state index in [-0.39, 0.29) is 5.91 Å². The third kappa shape index (κ3) is 4.11. The summed E-state index contributed by atoms with van der Waals surface area (Å²) in [4.78, 5) is 12.1. The second-order valence-corrected chi connectivity index (χ2v) is 5.11. The van der Waals surface area contributed by atoms with Crippen molar-refractivity contribution in [1.29, 1.82) is 0 Å². The molecule has 1 aromatic rings. The maximum Gasteiger partial charge on any atom is 0.221 e. The normalized spacial score (nSPS) is 10.2. The lowest BCUT2D eigenvalue weighted by Gasteiger charge is -2.01. The van der Waals surface area contributed by atoms with Gasteiger partial charge in [-0.15, -0.1) is 11.3 Å². The van der Waals surface area contributed by atoms with Gasteiger partial charge < -0.3 is 15.4 Å². The second-order valence-electron chi connectivity index (χ2n) is 3.15. The minimum atomic E-state index is 0.0532. The number of thiophene rings is 1. The maximum absolute atomic E-state index is 11.0. The zero-order chi connectivity index (χ0) is 12.0. The van der Waals surface area contributed by atoms with Gasteiger partial charge in [-0.1, -0.05) is 0 Å². The van der Waals surface area contributed by atoms with Crippen LogP contribution < -0.4 is 15.4 Å². The van der Waals surface area contributed by atoms with Gasteiger partial charge in [0.2, 0.25) is 5.91 Å². The fourth-order valence-electron chi connectivity index (χ4n) is 1.16. The first kappa shape index (κ1) is 13.5. The monoisotopic (exact) mass is 306 g/mol. The first-order chi connectivity index (χ1) is 7.67. The molecule has 0 spiro atoms. The number of halogens is 1. The average molecular weight is 307 g/mol. The van der Waals surface area contributed by atoms with Crippen molar-refractivity contribution in [3.63, 3.8) is 0 Å². The molecule has 0 aliphatic heterocycles. The van der Waals surface area contributed by atoms with E-state index in [2.05, 4.69) is 26.6 Å². The first-order valence-corrected chi connectivity index (χ1v) is 6.51. The molecule has 0 aromatic carbocycles. The van der Waals surface area contributed by atoms with Gasteiger partial charge in [0.05, 0.1) is 11.6 Å². The zero-order valence-corrected chi connectivity index (χ0v) is 11.7. The number of amides is 1. The van der Waals surface area contributed by atoms with Gasteiger partial charge in [0, 0.05) is 31.4 Å². The van der Waals surface area contributed by atoms with Gasteiger partial charge in [0.25, 0.3) is 0 Å². The summed E-state index contributed by atoms with van der Waals surface area (Å²) in [5.41, 5.74) is 0. The first-order valence-electron chi connectivity index (χ1n) is 4.91. The fourth-order valence-corrected chi connectivity index (χ4v) is 2.82. The van der Waals surface area contributed by atoms with Crippen LogP contribution in [0.25, 0.3) is 0 Å². The van der Waals surface area contributed by atoms with E-state index in [0.717, 1.165) is 16.1 Å². The van der Waals surface area contributed by atoms with Gasteiger partial charge >= 0.3 is 0 Å². The molecule has 0 fully saturated rings. The molecule has 0 saturated carbocycles. The Kier molecular flexibility index (Phi) is 5.79. The van der Waals surface area contributed by atoms with Gasteiger partial charge in [-0.05, 0) is 22.0 Å². The highest BCUT2D eigenvalue weighted by Crippen LogP contribution is 2.34. The van der Waals surface area contributed by atoms with E-state index in [4.69, 9.17) is 4.74 Å². The lowest BCUT2D eigenvalue weighted by Crippen LogP contribution is -2.24. The number of carbonyl (C=O) groups excluding carboxylic acids is 1. The molecule has 1 rings (SSSR count). The van der Waals surface area contributed by atoms with Crippen LogP contribution in [0.5, 0.6) is 5.06 Å². The molecule has 0 aliphatic rings. The molecular formula is C10H15BrN2O2S. The smallest absolute Gasteiger partial charge is 0.221 e. The van der Waals surface area contributed by atoms with E-state index < -0.39 is 0 Å². The summed E-state index contributed by atoms with van der Waals surface area (Å²) in [6.07, 6.45) is 0.500. The fraction of sp³-hybridized carbons (Fsp3) is 0.500. The van der Waals surface area contributed by atoms with Gasteiger partial charge in [-0.3, -0.25) is 4.79 Å². The number of ether oxygens (including phenoxy) is 1. The van der Waals surface area contributed by atoms with E-state index in [1.807, 2.05) is 6.07 Å². The van der Waals surface area contributed by atoms with Gasteiger partial charge in [0.15, 0.2) is 5.06 Å². The third-order valence-corrected chi connectivity index (χ3v) is 3.95. The molecular weight excluding hydrogens is 292 g/mol. The summed E-state index contributed by atoms with van der Waals surface area (Å²) in [6.45, 7) is 1.43. The van der Waals surface area contributed by atoms with Crippen LogP contribution in [0.15, 0.2) is 10.5 Å². The highest BCUT2D eigenvalue weighted by atomic mass is 79.9. The third-order valence-electron chi connectivity index (χ3n) is 2.00. The average Bonchev–Trinajstić information content (AvgIpc) is 2.64. The van der Waals surface area contributed by atoms with Crippen molar-refractivity contribution in [3.05, 3.63) is 15.4 Å². The number of hydrogen-bond acceptors (Lipinski definition) is 4. The number of methoxy groups -OCH3 is 1.